The molecule has 0 unspecified atom stereocenters. The van der Waals surface area contributed by atoms with Crippen LogP contribution in [0.3, 0.4) is 0 Å². The van der Waals surface area contributed by atoms with Gasteiger partial charge in [0.2, 0.25) is 0 Å². The number of benzene rings is 6. The maximum Gasteiger partial charge on any atom is 3.00 e. The molecule has 4 heterocycles. The molecule has 0 aliphatic rings. The zero-order valence-corrected chi connectivity index (χ0v) is 76.0. The number of hydrogen-bond acceptors (Lipinski definition) is 4. The van der Waals surface area contributed by atoms with Crippen molar-refractivity contribution in [3.05, 3.63) is 255 Å². The van der Waals surface area contributed by atoms with Gasteiger partial charge < -0.3 is 49.6 Å². The minimum absolute atomic E-state index is 0. The molecule has 7 heteroatoms. The van der Waals surface area contributed by atoms with Gasteiger partial charge in [-0.2, -0.15) is 0 Å². The van der Waals surface area contributed by atoms with E-state index < -0.39 is 0 Å². The minimum atomic E-state index is 0. The number of rotatable bonds is 4. The normalized spacial score (nSPS) is 10.5. The van der Waals surface area contributed by atoms with Crippen molar-refractivity contribution in [3.63, 3.8) is 0 Å². The van der Waals surface area contributed by atoms with Gasteiger partial charge in [0.25, 0.3) is 0 Å². The number of aryl methyl sites for hydroxylation is 14. The van der Waals surface area contributed by atoms with Crippen LogP contribution in [0.4, 0.5) is 0 Å². The van der Waals surface area contributed by atoms with Crippen molar-refractivity contribution in [2.24, 2.45) is 0 Å². The second-order valence-electron chi connectivity index (χ2n) is 27.7. The van der Waals surface area contributed by atoms with E-state index in [0.717, 1.165) is 67.8 Å². The molecule has 549 valence electrons. The van der Waals surface area contributed by atoms with Crippen LogP contribution >= 0.6 is 0 Å². The van der Waals surface area contributed by atoms with Crippen molar-refractivity contribution in [3.8, 4) is 45.0 Å². The average molecular weight is 1880 g/mol. The molecule has 10 aromatic rings. The summed E-state index contributed by atoms with van der Waals surface area (Å²) in [5.74, 6) is 0. The Bertz CT molecular complexity index is 4340. The van der Waals surface area contributed by atoms with E-state index in [-0.39, 0.29) is 97.2 Å². The molecule has 0 spiro atoms. The number of pyridine rings is 4. The maximum absolute atomic E-state index is 5.09. The Hall–Kier alpha value is -5.61. The first-order chi connectivity index (χ1) is 43.6. The second-order valence-corrected chi connectivity index (χ2v) is 27.7. The Morgan fingerprint density at radius 2 is 0.343 bits per heavy atom. The molecule has 0 fully saturated rings. The van der Waals surface area contributed by atoms with Crippen LogP contribution in [0.15, 0.2) is 0 Å². The number of nitrogens with zero attached hydrogens (tertiary/aromatic N) is 4. The van der Waals surface area contributed by atoms with Crippen LogP contribution in [-0.4, -0.2) is 19.9 Å². The first kappa shape index (κ1) is 91.4. The van der Waals surface area contributed by atoms with Crippen molar-refractivity contribution in [2.75, 3.05) is 0 Å². The van der Waals surface area contributed by atoms with Crippen LogP contribution in [0, 0.1) is 303 Å². The minimum Gasteiger partial charge on any atom is -0.358 e. The zero-order valence-electron chi connectivity index (χ0n) is 70.8. The second kappa shape index (κ2) is 36.0. The molecule has 0 aliphatic heterocycles. The van der Waals surface area contributed by atoms with Crippen molar-refractivity contribution in [1.82, 2.24) is 19.9 Å². The fraction of sp³-hybridized carbons (Fsp3) is 0.391. The van der Waals surface area contributed by atoms with Gasteiger partial charge >= 0.3 is 40.2 Å². The van der Waals surface area contributed by atoms with E-state index in [2.05, 4.69) is 274 Å². The Kier molecular flexibility index (Phi) is 33.2. The largest absolute Gasteiger partial charge is 3.00 e. The summed E-state index contributed by atoms with van der Waals surface area (Å²) in [5, 5.41) is 5.35. The fourth-order valence-electron chi connectivity index (χ4n) is 13.6. The monoisotopic (exact) mass is 1880 g/mol. The number of hydrogen-bond donors (Lipinski definition) is 0. The fourth-order valence-corrected chi connectivity index (χ4v) is 13.6. The summed E-state index contributed by atoms with van der Waals surface area (Å²) in [4.78, 5) is 19.9. The maximum atomic E-state index is 5.09. The first-order valence-electron chi connectivity index (χ1n) is 34.3. The third-order valence-electron chi connectivity index (χ3n) is 23.3. The summed E-state index contributed by atoms with van der Waals surface area (Å²) < 4.78 is 10.0. The molecule has 0 bridgehead atoms. The van der Waals surface area contributed by atoms with Gasteiger partial charge in [-0.15, -0.1) is 136 Å². The van der Waals surface area contributed by atoms with E-state index in [1.54, 1.807) is 0 Å². The van der Waals surface area contributed by atoms with E-state index in [0.29, 0.717) is 0 Å². The van der Waals surface area contributed by atoms with Crippen molar-refractivity contribution in [1.29, 1.82) is 0 Å². The van der Waals surface area contributed by atoms with E-state index in [9.17, 15) is 0 Å². The van der Waals surface area contributed by atoms with Crippen LogP contribution in [0.5, 0.6) is 0 Å². The van der Waals surface area contributed by atoms with Crippen molar-refractivity contribution in [2.45, 2.75) is 249 Å². The molecule has 4 nitrogen and oxygen atoms in total. The number of aromatic nitrogens is 4. The third-order valence-corrected chi connectivity index (χ3v) is 23.3. The summed E-state index contributed by atoms with van der Waals surface area (Å²) in [6, 6.07) is 14.4. The van der Waals surface area contributed by atoms with Gasteiger partial charge in [0.15, 0.2) is 0 Å². The molecular formula is C92H132Ir3N4-2. The Balaban J connectivity index is -0.000000237. The zero-order chi connectivity index (χ0) is 71.4. The van der Waals surface area contributed by atoms with Gasteiger partial charge in [-0.05, 0) is 250 Å². The molecule has 6 aromatic carbocycles. The third kappa shape index (κ3) is 17.1. The van der Waals surface area contributed by atoms with Crippen LogP contribution in [0.2, 0.25) is 0 Å². The molecule has 10 rings (SSSR count). The molecule has 0 N–H and O–H groups in total. The molecule has 0 aliphatic carbocycles. The van der Waals surface area contributed by atoms with E-state index in [1.807, 2.05) is 0 Å². The van der Waals surface area contributed by atoms with Crippen molar-refractivity contribution < 1.29 is 70.4 Å². The van der Waals surface area contributed by atoms with E-state index >= 15 is 0 Å². The van der Waals surface area contributed by atoms with Gasteiger partial charge in [0.05, 0.1) is 0 Å². The molecule has 0 atom stereocenters. The molecule has 1 radical (unpaired) electrons. The Morgan fingerprint density at radius 3 is 0.566 bits per heavy atom. The van der Waals surface area contributed by atoms with Gasteiger partial charge in [-0.3, -0.25) is 0 Å². The van der Waals surface area contributed by atoms with Crippen molar-refractivity contribution >= 4 is 21.5 Å². The Labute approximate surface area is 656 Å². The van der Waals surface area contributed by atoms with Gasteiger partial charge in [-0.1, -0.05) is 133 Å². The summed E-state index contributed by atoms with van der Waals surface area (Å²) >= 11 is 0. The van der Waals surface area contributed by atoms with E-state index in [1.165, 1.54) is 200 Å². The standard InChI is InChI=1S/2C25H30N.2C19H24N.4CH3.3Ir.6H2/c2*1-12-11-22(17(6)14(3)13(12)2)25-24-19(8)16(5)15(4)18(7)23(24)20(9)21(10)26-25;2*1-10-9-18(15(6)12(3)11(10)2)19-16(7)13(4)14(5)17(8)20-19;;;;;;;;;;;;;/h2*1-10H3;2*1-8H3;4*1H3;;;;6*1H/q8*-1;;2*+3;;;;;;/i;;;;;;;;;;;1+1D;5*1+1. The quantitative estimate of drug-likeness (QED) is 0.165. The SMILES string of the molecule is Cc1[c-]c(-c2nc(C)c(C)c(C)c2C)c(C)c(C)c1C.Cc1[c-]c(-c2nc(C)c(C)c(C)c2C)c(C)c(C)c1C.Cc1[c-]c(-c2nc(C)c(C)c3c(C)c(C)c(C)c(C)c23)c(C)c(C)c1C.Cc1[c-]c(-c2nc(C)c(C)c3c(C)c(C)c(C)c(C)c23)c(C)c(C)c1C.[2HH].[2HH].[2HH].[2HH].[2HH].[2H][2H].[CH3-].[CH3-].[CH3-].[CH3-].[Ir+3].[Ir+3].[Ir]. The molecule has 4 aromatic heterocycles. The van der Waals surface area contributed by atoms with Crippen LogP contribution in [0.25, 0.3) is 66.6 Å². The van der Waals surface area contributed by atoms with Crippen LogP contribution in [0.1, 0.15) is 211 Å². The summed E-state index contributed by atoms with van der Waals surface area (Å²) in [5.41, 5.74) is 55.7. The Morgan fingerprint density at radius 1 is 0.182 bits per heavy atom. The van der Waals surface area contributed by atoms with E-state index in [4.69, 9.17) is 22.9 Å². The molecule has 0 amide bonds. The summed E-state index contributed by atoms with van der Waals surface area (Å²) in [6.07, 6.45) is 0. The predicted octanol–water partition coefficient (Wildman–Crippen LogP) is 26.9. The average Bonchev–Trinajstić information content (AvgIpc) is 0.741. The van der Waals surface area contributed by atoms with Gasteiger partial charge in [0, 0.05) is 53.0 Å². The summed E-state index contributed by atoms with van der Waals surface area (Å²) in [6.45, 7) is 78.7. The van der Waals surface area contributed by atoms with Gasteiger partial charge in [-0.25, -0.2) is 0 Å². The topological polar surface area (TPSA) is 51.6 Å². The molecule has 0 saturated heterocycles. The number of fused-ring (bicyclic) bond motifs is 2. The van der Waals surface area contributed by atoms with Crippen LogP contribution in [-0.2, 0) is 60.3 Å². The predicted molar refractivity (Wildman–Crippen MR) is 438 cm³/mol. The smallest absolute Gasteiger partial charge is 0.358 e. The first-order valence-corrected chi connectivity index (χ1v) is 33.3. The molecule has 0 saturated carbocycles. The summed E-state index contributed by atoms with van der Waals surface area (Å²) in [7, 11) is 0. The molecular weight excluding hydrogens is 1740 g/mol. The molecule has 99 heavy (non-hydrogen) atoms. The van der Waals surface area contributed by atoms with Gasteiger partial charge in [0.1, 0.15) is 0 Å². The van der Waals surface area contributed by atoms with Crippen LogP contribution < -0.4 is 0 Å².